The smallest absolute Gasteiger partial charge is 0 e. The molecule has 7 heavy (non-hydrogen) atoms. The summed E-state index contributed by atoms with van der Waals surface area (Å²) < 4.78 is 0. The number of hydrogen-bond donors (Lipinski definition) is 0. The van der Waals surface area contributed by atoms with E-state index in [0.717, 1.165) is 0 Å². The molecule has 0 heterocycles. The van der Waals surface area contributed by atoms with Crippen molar-refractivity contribution < 1.29 is 129 Å². The minimum Gasteiger partial charge on any atom is 0 e. The molecule has 0 aliphatic heterocycles. The van der Waals surface area contributed by atoms with E-state index in [-0.39, 0.29) is 137 Å². The summed E-state index contributed by atoms with van der Waals surface area (Å²) in [5.74, 6) is 0. The van der Waals surface area contributed by atoms with Gasteiger partial charge in [0.2, 0.25) is 0 Å². The van der Waals surface area contributed by atoms with Crippen molar-refractivity contribution in [1.82, 2.24) is 0 Å². The van der Waals surface area contributed by atoms with E-state index in [1.54, 1.807) is 0 Å². The largest absolute Gasteiger partial charge is 0.0814 e. The summed E-state index contributed by atoms with van der Waals surface area (Å²) in [5, 5.41) is 0. The second-order valence-corrected chi connectivity index (χ2v) is 0. The summed E-state index contributed by atoms with van der Waals surface area (Å²) in [7, 11) is 0. The van der Waals surface area contributed by atoms with Gasteiger partial charge >= 0.3 is 0 Å². The van der Waals surface area contributed by atoms with Crippen LogP contribution in [-0.4, -0.2) is 8.41 Å². The molecule has 0 aromatic rings. The van der Waals surface area contributed by atoms with E-state index in [4.69, 9.17) is 0 Å². The maximum atomic E-state index is 0. The van der Waals surface area contributed by atoms with Crippen molar-refractivity contribution in [2.24, 2.45) is 0 Å². The Kier molecular flexibility index (Phi) is 459. The van der Waals surface area contributed by atoms with Crippen molar-refractivity contribution in [3.05, 3.63) is 0 Å². The molecule has 0 aromatic heterocycles. The van der Waals surface area contributed by atoms with Crippen LogP contribution in [0, 0.1) is 0 Å². The molecule has 51 valence electrons. The summed E-state index contributed by atoms with van der Waals surface area (Å²) in [4.78, 5) is 0. The minimum atomic E-state index is 0. The van der Waals surface area contributed by atoms with Crippen molar-refractivity contribution >= 4 is 8.41 Å². The van der Waals surface area contributed by atoms with Crippen LogP contribution in [0.4, 0.5) is 0 Å². The van der Waals surface area contributed by atoms with Crippen LogP contribution in [0.15, 0.2) is 0 Å². The quantitative estimate of drug-likeness (QED) is 0.279. The Labute approximate surface area is 134 Å². The van der Waals surface area contributed by atoms with Crippen LogP contribution in [-0.2, 0) is 129 Å². The van der Waals surface area contributed by atoms with E-state index in [9.17, 15) is 0 Å². The third-order valence-corrected chi connectivity index (χ3v) is 0. The molecule has 7 heteroatoms. The second kappa shape index (κ2) is 48.8. The van der Waals surface area contributed by atoms with Gasteiger partial charge in [0.1, 0.15) is 0 Å². The van der Waals surface area contributed by atoms with Crippen molar-refractivity contribution in [2.45, 2.75) is 0 Å². The van der Waals surface area contributed by atoms with Gasteiger partial charge in [-0.2, -0.15) is 0 Å². The maximum Gasteiger partial charge on any atom is 0.0814 e. The molecule has 0 N–H and O–H groups in total. The van der Waals surface area contributed by atoms with Crippen molar-refractivity contribution in [1.29, 1.82) is 0 Å². The predicted molar refractivity (Wildman–Crippen MR) is 9.94 cm³/mol. The molecular weight excluding hydrogens is 698 g/mol. The molecular formula is H3BCoCrPdPtReY. The van der Waals surface area contributed by atoms with Crippen LogP contribution in [0.5, 0.6) is 0 Å². The summed E-state index contributed by atoms with van der Waals surface area (Å²) in [5.41, 5.74) is 0. The average Bonchev–Trinajstić information content (AvgIpc) is 0. The Morgan fingerprint density at radius 1 is 1.00 bits per heavy atom. The van der Waals surface area contributed by atoms with Gasteiger partial charge in [0.25, 0.3) is 0 Å². The fourth-order valence-electron chi connectivity index (χ4n) is 0. The molecule has 0 atom stereocenters. The molecule has 3 radical (unpaired) electrons. The molecule has 0 saturated heterocycles. The van der Waals surface area contributed by atoms with Gasteiger partial charge in [-0.05, 0) is 0 Å². The van der Waals surface area contributed by atoms with Crippen molar-refractivity contribution in [3.63, 3.8) is 0 Å². The molecule has 0 nitrogen and oxygen atoms in total. The molecule has 0 spiro atoms. The van der Waals surface area contributed by atoms with E-state index < -0.39 is 0 Å². The fourth-order valence-corrected chi connectivity index (χ4v) is 0. The van der Waals surface area contributed by atoms with Gasteiger partial charge < -0.3 is 0 Å². The fraction of sp³-hybridized carbons (Fsp3) is 0. The zero-order chi connectivity index (χ0) is 0. The van der Waals surface area contributed by atoms with Gasteiger partial charge in [-0.3, -0.25) is 0 Å². The molecule has 0 aliphatic carbocycles. The van der Waals surface area contributed by atoms with Crippen LogP contribution < -0.4 is 0 Å². The first-order chi connectivity index (χ1) is 0. The number of hydrogen-bond acceptors (Lipinski definition) is 0. The van der Waals surface area contributed by atoms with Crippen LogP contribution in [0.3, 0.4) is 0 Å². The Bertz CT molecular complexity index is 19.7. The predicted octanol–water partition coefficient (Wildman–Crippen LogP) is -1.20. The third kappa shape index (κ3) is 38.8. The van der Waals surface area contributed by atoms with Gasteiger partial charge in [-0.25, -0.2) is 0 Å². The van der Waals surface area contributed by atoms with E-state index in [1.165, 1.54) is 0 Å². The summed E-state index contributed by atoms with van der Waals surface area (Å²) >= 11 is 0. The molecule has 0 aliphatic rings. The van der Waals surface area contributed by atoms with Gasteiger partial charge in [0.15, 0.2) is 0 Å². The van der Waals surface area contributed by atoms with Crippen LogP contribution >= 0.6 is 0 Å². The van der Waals surface area contributed by atoms with Gasteiger partial charge in [-0.15, -0.1) is 0 Å². The molecule has 0 saturated carbocycles. The van der Waals surface area contributed by atoms with Gasteiger partial charge in [0.05, 0.1) is 8.41 Å². The Morgan fingerprint density at radius 3 is 1.00 bits per heavy atom. The van der Waals surface area contributed by atoms with E-state index in [0.29, 0.717) is 0 Å². The standard InChI is InChI=1S/BH3.Co.Cr.Pd.Pt.Re.Y/h1H3;;;;;;. The Morgan fingerprint density at radius 2 is 1.00 bits per heavy atom. The molecule has 0 aromatic carbocycles. The van der Waals surface area contributed by atoms with Crippen LogP contribution in [0.2, 0.25) is 0 Å². The number of rotatable bonds is 0. The first kappa shape index (κ1) is 65.8. The second-order valence-electron chi connectivity index (χ2n) is 0. The topological polar surface area (TPSA) is 0 Å². The summed E-state index contributed by atoms with van der Waals surface area (Å²) in [6.45, 7) is 0. The monoisotopic (exact) mass is 702 g/mol. The third-order valence-electron chi connectivity index (χ3n) is 0. The normalized spacial score (nSPS) is 0. The Balaban J connectivity index is 0. The van der Waals surface area contributed by atoms with Crippen molar-refractivity contribution in [3.8, 4) is 0 Å². The first-order valence-electron chi connectivity index (χ1n) is 0. The molecule has 0 rings (SSSR count). The molecule has 0 fully saturated rings. The zero-order valence-corrected chi connectivity index (χ0v) is 14.0. The molecule has 0 amide bonds. The first-order valence-corrected chi connectivity index (χ1v) is 0. The van der Waals surface area contributed by atoms with E-state index in [1.807, 2.05) is 0 Å². The van der Waals surface area contributed by atoms with Crippen molar-refractivity contribution in [2.75, 3.05) is 0 Å². The minimum absolute atomic E-state index is 0. The molecule has 0 bridgehead atoms. The van der Waals surface area contributed by atoms with Crippen LogP contribution in [0.25, 0.3) is 0 Å². The Hall–Kier alpha value is 4.22. The summed E-state index contributed by atoms with van der Waals surface area (Å²) in [6, 6.07) is 0. The summed E-state index contributed by atoms with van der Waals surface area (Å²) in [6.07, 6.45) is 0. The zero-order valence-electron chi connectivity index (χ0n) is 2.33. The average molecular weight is 701 g/mol. The van der Waals surface area contributed by atoms with E-state index in [2.05, 4.69) is 0 Å². The van der Waals surface area contributed by atoms with Gasteiger partial charge in [0, 0.05) is 129 Å². The van der Waals surface area contributed by atoms with Gasteiger partial charge in [-0.1, -0.05) is 0 Å². The van der Waals surface area contributed by atoms with E-state index >= 15 is 0 Å². The molecule has 0 unspecified atom stereocenters. The SMILES string of the molecule is B.[Co].[Cr].[Pd].[Pt].[Re].[Y]. The van der Waals surface area contributed by atoms with Crippen LogP contribution in [0.1, 0.15) is 0 Å². The maximum absolute atomic E-state index is 0.